The molecular weight excluding hydrogens is 410 g/mol. The number of carbonyl (C=O) groups excluding carboxylic acids is 3. The lowest BCUT2D eigenvalue weighted by Crippen LogP contribution is -2.27. The van der Waals surface area contributed by atoms with Crippen LogP contribution in [0.5, 0.6) is 0 Å². The first-order chi connectivity index (χ1) is 14.0. The fraction of sp³-hybridized carbons (Fsp3) is 0.0952. The van der Waals surface area contributed by atoms with Crippen LogP contribution in [0.25, 0.3) is 0 Å². The number of benzene rings is 2. The van der Waals surface area contributed by atoms with Crippen molar-refractivity contribution in [1.82, 2.24) is 5.32 Å². The number of anilines is 2. The van der Waals surface area contributed by atoms with Crippen LogP contribution in [0.2, 0.25) is 5.02 Å². The van der Waals surface area contributed by atoms with Gasteiger partial charge in [-0.15, -0.1) is 11.3 Å². The third kappa shape index (κ3) is 6.17. The molecule has 0 saturated heterocycles. The summed E-state index contributed by atoms with van der Waals surface area (Å²) in [6, 6.07) is 16.9. The van der Waals surface area contributed by atoms with Crippen LogP contribution in [0.15, 0.2) is 66.0 Å². The van der Waals surface area contributed by atoms with E-state index in [0.29, 0.717) is 26.8 Å². The summed E-state index contributed by atoms with van der Waals surface area (Å²) in [7, 11) is 0. The van der Waals surface area contributed by atoms with Gasteiger partial charge < -0.3 is 16.0 Å². The smallest absolute Gasteiger partial charge is 0.265 e. The molecule has 0 aliphatic heterocycles. The first-order valence-corrected chi connectivity index (χ1v) is 10.1. The third-order valence-electron chi connectivity index (χ3n) is 3.89. The zero-order chi connectivity index (χ0) is 20.6. The molecule has 3 aromatic rings. The molecule has 0 unspecified atom stereocenters. The van der Waals surface area contributed by atoms with Crippen molar-refractivity contribution < 1.29 is 14.4 Å². The first kappa shape index (κ1) is 20.6. The predicted octanol–water partition coefficient (Wildman–Crippen LogP) is 4.41. The molecule has 0 atom stereocenters. The Morgan fingerprint density at radius 2 is 1.59 bits per heavy atom. The summed E-state index contributed by atoms with van der Waals surface area (Å²) < 4.78 is 0. The van der Waals surface area contributed by atoms with Crippen molar-refractivity contribution in [3.8, 4) is 0 Å². The third-order valence-corrected chi connectivity index (χ3v) is 5.01. The molecule has 29 heavy (non-hydrogen) atoms. The Morgan fingerprint density at radius 1 is 0.862 bits per heavy atom. The number of thiophene rings is 1. The van der Waals surface area contributed by atoms with Crippen molar-refractivity contribution in [3.63, 3.8) is 0 Å². The van der Waals surface area contributed by atoms with Crippen LogP contribution in [-0.2, 0) is 4.79 Å². The molecule has 3 rings (SSSR count). The van der Waals surface area contributed by atoms with E-state index in [1.54, 1.807) is 54.6 Å². The van der Waals surface area contributed by atoms with Gasteiger partial charge in [0, 0.05) is 34.9 Å². The van der Waals surface area contributed by atoms with E-state index in [9.17, 15) is 14.4 Å². The summed E-state index contributed by atoms with van der Waals surface area (Å²) in [5.41, 5.74) is 1.62. The van der Waals surface area contributed by atoms with Gasteiger partial charge in [0.25, 0.3) is 11.8 Å². The number of halogens is 1. The molecule has 3 amide bonds. The van der Waals surface area contributed by atoms with Gasteiger partial charge in [-0.3, -0.25) is 14.4 Å². The van der Waals surface area contributed by atoms with Gasteiger partial charge in [-0.1, -0.05) is 23.7 Å². The van der Waals surface area contributed by atoms with Gasteiger partial charge in [0.15, 0.2) is 0 Å². The first-order valence-electron chi connectivity index (χ1n) is 8.80. The Morgan fingerprint density at radius 3 is 2.28 bits per heavy atom. The highest BCUT2D eigenvalue weighted by Crippen LogP contribution is 2.17. The van der Waals surface area contributed by atoms with E-state index in [2.05, 4.69) is 16.0 Å². The largest absolute Gasteiger partial charge is 0.352 e. The summed E-state index contributed by atoms with van der Waals surface area (Å²) in [6.45, 7) is 0.197. The second-order valence-corrected chi connectivity index (χ2v) is 7.46. The molecule has 1 heterocycles. The van der Waals surface area contributed by atoms with Crippen LogP contribution in [0.4, 0.5) is 11.4 Å². The summed E-state index contributed by atoms with van der Waals surface area (Å²) in [4.78, 5) is 36.9. The molecule has 0 aliphatic carbocycles. The molecule has 0 saturated carbocycles. The Labute approximate surface area is 176 Å². The van der Waals surface area contributed by atoms with Crippen LogP contribution in [0.1, 0.15) is 26.5 Å². The van der Waals surface area contributed by atoms with E-state index >= 15 is 0 Å². The maximum atomic E-state index is 12.1. The van der Waals surface area contributed by atoms with Gasteiger partial charge in [0.1, 0.15) is 0 Å². The van der Waals surface area contributed by atoms with Crippen LogP contribution in [0, 0.1) is 0 Å². The van der Waals surface area contributed by atoms with Gasteiger partial charge >= 0.3 is 0 Å². The Bertz CT molecular complexity index is 1000. The fourth-order valence-corrected chi connectivity index (χ4v) is 3.24. The minimum Gasteiger partial charge on any atom is -0.352 e. The van der Waals surface area contributed by atoms with Crippen molar-refractivity contribution in [3.05, 3.63) is 81.5 Å². The number of carbonyl (C=O) groups is 3. The number of amides is 3. The second-order valence-electron chi connectivity index (χ2n) is 6.07. The second kappa shape index (κ2) is 9.86. The molecule has 148 valence electrons. The molecule has 0 radical (unpaired) electrons. The fourth-order valence-electron chi connectivity index (χ4n) is 2.49. The normalized spacial score (nSPS) is 10.2. The maximum Gasteiger partial charge on any atom is 0.265 e. The van der Waals surface area contributed by atoms with Crippen molar-refractivity contribution >= 4 is 52.0 Å². The molecule has 3 N–H and O–H groups in total. The van der Waals surface area contributed by atoms with Gasteiger partial charge in [-0.2, -0.15) is 0 Å². The van der Waals surface area contributed by atoms with E-state index in [-0.39, 0.29) is 30.7 Å². The van der Waals surface area contributed by atoms with Gasteiger partial charge in [-0.25, -0.2) is 0 Å². The molecule has 0 bridgehead atoms. The van der Waals surface area contributed by atoms with E-state index in [4.69, 9.17) is 11.6 Å². The van der Waals surface area contributed by atoms with Crippen LogP contribution >= 0.6 is 22.9 Å². The van der Waals surface area contributed by atoms with Gasteiger partial charge in [0.2, 0.25) is 5.91 Å². The number of hydrogen-bond donors (Lipinski definition) is 3. The standard InChI is InChI=1S/C21H18ClN3O3S/c22-15-8-6-14(7-9-15)20(27)23-11-10-19(26)24-16-3-1-4-17(13-16)25-21(28)18-5-2-12-29-18/h1-9,12-13H,10-11H2,(H,23,27)(H,24,26)(H,25,28). The van der Waals surface area contributed by atoms with E-state index < -0.39 is 0 Å². The Hall–Kier alpha value is -3.16. The summed E-state index contributed by atoms with van der Waals surface area (Å²) in [6.07, 6.45) is 0.116. The highest BCUT2D eigenvalue weighted by atomic mass is 35.5. The molecule has 0 aliphatic rings. The molecular formula is C21H18ClN3O3S. The summed E-state index contributed by atoms with van der Waals surface area (Å²) in [5, 5.41) is 10.6. The minimum atomic E-state index is -0.271. The maximum absolute atomic E-state index is 12.1. The number of hydrogen-bond acceptors (Lipinski definition) is 4. The van der Waals surface area contributed by atoms with E-state index in [1.165, 1.54) is 11.3 Å². The lowest BCUT2D eigenvalue weighted by atomic mass is 10.2. The summed E-state index contributed by atoms with van der Waals surface area (Å²) in [5.74, 6) is -0.718. The summed E-state index contributed by atoms with van der Waals surface area (Å²) >= 11 is 7.15. The lowest BCUT2D eigenvalue weighted by Gasteiger charge is -2.09. The van der Waals surface area contributed by atoms with Crippen molar-refractivity contribution in [2.24, 2.45) is 0 Å². The monoisotopic (exact) mass is 427 g/mol. The van der Waals surface area contributed by atoms with E-state index in [1.807, 2.05) is 11.4 Å². The molecule has 6 nitrogen and oxygen atoms in total. The highest BCUT2D eigenvalue weighted by Gasteiger charge is 2.09. The van der Waals surface area contributed by atoms with Crippen LogP contribution in [0.3, 0.4) is 0 Å². The Balaban J connectivity index is 1.47. The zero-order valence-corrected chi connectivity index (χ0v) is 16.8. The highest BCUT2D eigenvalue weighted by molar-refractivity contribution is 7.12. The van der Waals surface area contributed by atoms with Crippen molar-refractivity contribution in [2.75, 3.05) is 17.2 Å². The van der Waals surface area contributed by atoms with Gasteiger partial charge in [0.05, 0.1) is 4.88 Å². The van der Waals surface area contributed by atoms with Crippen LogP contribution < -0.4 is 16.0 Å². The molecule has 8 heteroatoms. The number of rotatable bonds is 7. The Kier molecular flexibility index (Phi) is 6.99. The van der Waals surface area contributed by atoms with Crippen molar-refractivity contribution in [2.45, 2.75) is 6.42 Å². The average Bonchev–Trinajstić information content (AvgIpc) is 3.24. The minimum absolute atomic E-state index is 0.116. The van der Waals surface area contributed by atoms with Crippen molar-refractivity contribution in [1.29, 1.82) is 0 Å². The average molecular weight is 428 g/mol. The lowest BCUT2D eigenvalue weighted by molar-refractivity contribution is -0.116. The molecule has 2 aromatic carbocycles. The predicted molar refractivity (Wildman–Crippen MR) is 116 cm³/mol. The number of nitrogens with one attached hydrogen (secondary N) is 3. The van der Waals surface area contributed by atoms with Gasteiger partial charge in [-0.05, 0) is 53.9 Å². The quantitative estimate of drug-likeness (QED) is 0.521. The topological polar surface area (TPSA) is 87.3 Å². The SMILES string of the molecule is O=C(CCNC(=O)c1ccc(Cl)cc1)Nc1cccc(NC(=O)c2cccs2)c1. The van der Waals surface area contributed by atoms with E-state index in [0.717, 1.165) is 0 Å². The molecule has 0 spiro atoms. The zero-order valence-electron chi connectivity index (χ0n) is 15.3. The molecule has 0 fully saturated rings. The van der Waals surface area contributed by atoms with Crippen LogP contribution in [-0.4, -0.2) is 24.3 Å². The molecule has 1 aromatic heterocycles.